The number of carbonyl (C=O) groups excluding carboxylic acids is 1. The summed E-state index contributed by atoms with van der Waals surface area (Å²) in [6.07, 6.45) is 4.65. The SMILES string of the molecule is O=C(Nc1ccc2cncnc2n1)c1ccc(-c2ccccc2)nc1. The second-order valence-corrected chi connectivity index (χ2v) is 5.38. The van der Waals surface area contributed by atoms with Gasteiger partial charge in [-0.2, -0.15) is 0 Å². The van der Waals surface area contributed by atoms with Crippen molar-refractivity contribution in [2.24, 2.45) is 0 Å². The van der Waals surface area contributed by atoms with Gasteiger partial charge in [0.1, 0.15) is 12.1 Å². The molecule has 3 heterocycles. The van der Waals surface area contributed by atoms with Gasteiger partial charge in [-0.15, -0.1) is 0 Å². The summed E-state index contributed by atoms with van der Waals surface area (Å²) in [4.78, 5) is 29.1. The molecule has 0 radical (unpaired) electrons. The van der Waals surface area contributed by atoms with Gasteiger partial charge in [0, 0.05) is 23.3 Å². The molecule has 0 bridgehead atoms. The van der Waals surface area contributed by atoms with Crippen LogP contribution in [0.15, 0.2) is 73.3 Å². The number of amides is 1. The van der Waals surface area contributed by atoms with Crippen LogP contribution in [0.3, 0.4) is 0 Å². The second-order valence-electron chi connectivity index (χ2n) is 5.38. The molecule has 0 spiro atoms. The molecule has 6 heteroatoms. The molecular weight excluding hydrogens is 314 g/mol. The highest BCUT2D eigenvalue weighted by Gasteiger charge is 2.09. The van der Waals surface area contributed by atoms with Gasteiger partial charge in [0.2, 0.25) is 0 Å². The Balaban J connectivity index is 1.54. The van der Waals surface area contributed by atoms with Crippen molar-refractivity contribution in [1.82, 2.24) is 19.9 Å². The molecule has 0 saturated carbocycles. The molecule has 120 valence electrons. The molecule has 3 aromatic heterocycles. The van der Waals surface area contributed by atoms with E-state index in [2.05, 4.69) is 25.3 Å². The molecule has 0 aliphatic carbocycles. The molecule has 0 aliphatic heterocycles. The molecule has 4 aromatic rings. The highest BCUT2D eigenvalue weighted by atomic mass is 16.1. The van der Waals surface area contributed by atoms with Crippen LogP contribution in [0, 0.1) is 0 Å². The summed E-state index contributed by atoms with van der Waals surface area (Å²) in [6, 6.07) is 16.9. The van der Waals surface area contributed by atoms with Crippen LogP contribution in [0.1, 0.15) is 10.4 Å². The molecule has 1 amide bonds. The number of benzene rings is 1. The molecule has 0 unspecified atom stereocenters. The van der Waals surface area contributed by atoms with E-state index in [0.717, 1.165) is 16.6 Å². The maximum absolute atomic E-state index is 12.4. The molecule has 0 atom stereocenters. The summed E-state index contributed by atoms with van der Waals surface area (Å²) in [5.41, 5.74) is 2.82. The number of hydrogen-bond donors (Lipinski definition) is 1. The predicted octanol–water partition coefficient (Wildman–Crippen LogP) is 3.34. The maximum atomic E-state index is 12.4. The lowest BCUT2D eigenvalue weighted by molar-refractivity contribution is 0.102. The second kappa shape index (κ2) is 6.45. The van der Waals surface area contributed by atoms with Gasteiger partial charge in [-0.25, -0.2) is 15.0 Å². The van der Waals surface area contributed by atoms with Crippen LogP contribution in [0.4, 0.5) is 5.82 Å². The van der Waals surface area contributed by atoms with Gasteiger partial charge >= 0.3 is 0 Å². The molecule has 0 aliphatic rings. The Kier molecular flexibility index (Phi) is 3.84. The first-order chi connectivity index (χ1) is 12.3. The van der Waals surface area contributed by atoms with Crippen LogP contribution >= 0.6 is 0 Å². The fourth-order valence-corrected chi connectivity index (χ4v) is 2.43. The van der Waals surface area contributed by atoms with Gasteiger partial charge in [-0.3, -0.25) is 9.78 Å². The Hall–Kier alpha value is -3.67. The number of nitrogens with one attached hydrogen (secondary N) is 1. The number of anilines is 1. The van der Waals surface area contributed by atoms with E-state index >= 15 is 0 Å². The third kappa shape index (κ3) is 3.18. The van der Waals surface area contributed by atoms with E-state index in [1.807, 2.05) is 42.5 Å². The molecular formula is C19H13N5O. The summed E-state index contributed by atoms with van der Waals surface area (Å²) in [5, 5.41) is 3.57. The van der Waals surface area contributed by atoms with Crippen LogP contribution in [-0.4, -0.2) is 25.8 Å². The molecule has 25 heavy (non-hydrogen) atoms. The van der Waals surface area contributed by atoms with Crippen LogP contribution in [0.2, 0.25) is 0 Å². The lowest BCUT2D eigenvalue weighted by Gasteiger charge is -2.06. The Morgan fingerprint density at radius 1 is 0.880 bits per heavy atom. The minimum atomic E-state index is -0.270. The highest BCUT2D eigenvalue weighted by Crippen LogP contribution is 2.17. The van der Waals surface area contributed by atoms with Crippen molar-refractivity contribution >= 4 is 22.8 Å². The van der Waals surface area contributed by atoms with Gasteiger partial charge < -0.3 is 5.32 Å². The van der Waals surface area contributed by atoms with Crippen molar-refractivity contribution < 1.29 is 4.79 Å². The van der Waals surface area contributed by atoms with Crippen molar-refractivity contribution in [1.29, 1.82) is 0 Å². The number of carbonyl (C=O) groups is 1. The van der Waals surface area contributed by atoms with E-state index in [0.29, 0.717) is 17.0 Å². The Bertz CT molecular complexity index is 1030. The van der Waals surface area contributed by atoms with Crippen molar-refractivity contribution in [2.45, 2.75) is 0 Å². The van der Waals surface area contributed by atoms with E-state index < -0.39 is 0 Å². The van der Waals surface area contributed by atoms with E-state index in [4.69, 9.17) is 0 Å². The third-order valence-corrected chi connectivity index (χ3v) is 3.70. The molecule has 6 nitrogen and oxygen atoms in total. The zero-order valence-electron chi connectivity index (χ0n) is 13.1. The molecule has 0 saturated heterocycles. The average Bonchev–Trinajstić information content (AvgIpc) is 2.69. The number of fused-ring (bicyclic) bond motifs is 1. The lowest BCUT2D eigenvalue weighted by atomic mass is 10.1. The topological polar surface area (TPSA) is 80.7 Å². The summed E-state index contributed by atoms with van der Waals surface area (Å²) < 4.78 is 0. The summed E-state index contributed by atoms with van der Waals surface area (Å²) in [6.45, 7) is 0. The third-order valence-electron chi connectivity index (χ3n) is 3.70. The number of aromatic nitrogens is 4. The van der Waals surface area contributed by atoms with Crippen molar-refractivity contribution in [3.05, 3.63) is 78.9 Å². The molecule has 4 rings (SSSR count). The van der Waals surface area contributed by atoms with Gasteiger partial charge in [-0.05, 0) is 24.3 Å². The average molecular weight is 327 g/mol. The zero-order chi connectivity index (χ0) is 17.1. The first kappa shape index (κ1) is 14.9. The van der Waals surface area contributed by atoms with Gasteiger partial charge in [0.05, 0.1) is 11.3 Å². The largest absolute Gasteiger partial charge is 0.306 e. The summed E-state index contributed by atoms with van der Waals surface area (Å²) >= 11 is 0. The van der Waals surface area contributed by atoms with Gasteiger partial charge in [0.25, 0.3) is 5.91 Å². The summed E-state index contributed by atoms with van der Waals surface area (Å²) in [5.74, 6) is 0.163. The van der Waals surface area contributed by atoms with E-state index in [1.54, 1.807) is 24.5 Å². The minimum Gasteiger partial charge on any atom is -0.306 e. The fourth-order valence-electron chi connectivity index (χ4n) is 2.43. The maximum Gasteiger partial charge on any atom is 0.258 e. The normalized spacial score (nSPS) is 10.6. The van der Waals surface area contributed by atoms with Crippen molar-refractivity contribution in [3.63, 3.8) is 0 Å². The van der Waals surface area contributed by atoms with Crippen LogP contribution in [-0.2, 0) is 0 Å². The highest BCUT2D eigenvalue weighted by molar-refractivity contribution is 6.04. The number of pyridine rings is 2. The number of nitrogens with zero attached hydrogens (tertiary/aromatic N) is 4. The van der Waals surface area contributed by atoms with Crippen molar-refractivity contribution in [2.75, 3.05) is 5.32 Å². The number of hydrogen-bond acceptors (Lipinski definition) is 5. The van der Waals surface area contributed by atoms with Crippen LogP contribution in [0.5, 0.6) is 0 Å². The molecule has 1 N–H and O–H groups in total. The van der Waals surface area contributed by atoms with Crippen molar-refractivity contribution in [3.8, 4) is 11.3 Å². The quantitative estimate of drug-likeness (QED) is 0.624. The number of rotatable bonds is 3. The molecule has 1 aromatic carbocycles. The smallest absolute Gasteiger partial charge is 0.258 e. The minimum absolute atomic E-state index is 0.270. The first-order valence-electron chi connectivity index (χ1n) is 7.69. The zero-order valence-corrected chi connectivity index (χ0v) is 13.1. The van der Waals surface area contributed by atoms with E-state index in [-0.39, 0.29) is 5.91 Å². The van der Waals surface area contributed by atoms with Gasteiger partial charge in [0.15, 0.2) is 5.65 Å². The van der Waals surface area contributed by atoms with Gasteiger partial charge in [-0.1, -0.05) is 30.3 Å². The standard InChI is InChI=1S/C19H13N5O/c25-19(24-17-9-7-14-10-20-12-22-18(14)23-17)15-6-8-16(21-11-15)13-4-2-1-3-5-13/h1-12H,(H,20,22,23,24,25). The Morgan fingerprint density at radius 3 is 2.56 bits per heavy atom. The van der Waals surface area contributed by atoms with Crippen LogP contribution in [0.25, 0.3) is 22.3 Å². The monoisotopic (exact) mass is 327 g/mol. The van der Waals surface area contributed by atoms with Crippen LogP contribution < -0.4 is 5.32 Å². The summed E-state index contributed by atoms with van der Waals surface area (Å²) in [7, 11) is 0. The predicted molar refractivity (Wildman–Crippen MR) is 95.0 cm³/mol. The fraction of sp³-hybridized carbons (Fsp3) is 0. The molecule has 0 fully saturated rings. The Morgan fingerprint density at radius 2 is 1.76 bits per heavy atom. The Labute approximate surface area is 143 Å². The van der Waals surface area contributed by atoms with E-state index in [1.165, 1.54) is 6.33 Å². The lowest BCUT2D eigenvalue weighted by Crippen LogP contribution is -2.13. The first-order valence-corrected chi connectivity index (χ1v) is 7.69. The van der Waals surface area contributed by atoms with E-state index in [9.17, 15) is 4.79 Å².